The summed E-state index contributed by atoms with van der Waals surface area (Å²) in [4.78, 5) is 31.7. The SMILES string of the molecule is CCOC(=O)c1c(OC)nc2ccccc2c1OC.COc1nc2ccccc2c(OC)c1C(=O)O. The maximum Gasteiger partial charge on any atom is 0.347 e. The van der Waals surface area contributed by atoms with Crippen LogP contribution in [0.15, 0.2) is 48.5 Å². The summed E-state index contributed by atoms with van der Waals surface area (Å²) >= 11 is 0. The number of ether oxygens (including phenoxy) is 5. The Bertz CT molecular complexity index is 1400. The van der Waals surface area contributed by atoms with Crippen LogP contribution in [0.1, 0.15) is 27.6 Å². The summed E-state index contributed by atoms with van der Waals surface area (Å²) in [6.45, 7) is 2.02. The monoisotopic (exact) mass is 494 g/mol. The molecule has 0 aliphatic heterocycles. The van der Waals surface area contributed by atoms with E-state index >= 15 is 0 Å². The van der Waals surface area contributed by atoms with Crippen LogP contribution in [-0.4, -0.2) is 62.1 Å². The van der Waals surface area contributed by atoms with E-state index in [-0.39, 0.29) is 35.2 Å². The Hall–Kier alpha value is -4.60. The molecule has 0 saturated heterocycles. The quantitative estimate of drug-likeness (QED) is 0.370. The highest BCUT2D eigenvalue weighted by Crippen LogP contribution is 2.35. The van der Waals surface area contributed by atoms with Gasteiger partial charge in [0.15, 0.2) is 11.1 Å². The van der Waals surface area contributed by atoms with Gasteiger partial charge in [0.25, 0.3) is 0 Å². The van der Waals surface area contributed by atoms with Crippen LogP contribution in [0.4, 0.5) is 0 Å². The van der Waals surface area contributed by atoms with E-state index in [9.17, 15) is 9.59 Å². The van der Waals surface area contributed by atoms with Crippen LogP contribution >= 0.6 is 0 Å². The highest BCUT2D eigenvalue weighted by atomic mass is 16.5. The Morgan fingerprint density at radius 1 is 0.722 bits per heavy atom. The smallest absolute Gasteiger partial charge is 0.347 e. The minimum absolute atomic E-state index is 0.0491. The molecule has 0 bridgehead atoms. The van der Waals surface area contributed by atoms with Crippen LogP contribution in [0, 0.1) is 0 Å². The lowest BCUT2D eigenvalue weighted by Gasteiger charge is -2.13. The fourth-order valence-corrected chi connectivity index (χ4v) is 3.61. The van der Waals surface area contributed by atoms with E-state index in [1.165, 1.54) is 28.4 Å². The van der Waals surface area contributed by atoms with E-state index < -0.39 is 11.9 Å². The van der Waals surface area contributed by atoms with Gasteiger partial charge in [-0.25, -0.2) is 19.6 Å². The number of aromatic nitrogens is 2. The lowest BCUT2D eigenvalue weighted by molar-refractivity contribution is 0.0517. The number of pyridine rings is 2. The van der Waals surface area contributed by atoms with Gasteiger partial charge in [0.05, 0.1) is 46.1 Å². The molecular weight excluding hydrogens is 468 g/mol. The molecule has 0 spiro atoms. The minimum Gasteiger partial charge on any atom is -0.495 e. The van der Waals surface area contributed by atoms with E-state index in [1.807, 2.05) is 30.3 Å². The number of carbonyl (C=O) groups excluding carboxylic acids is 1. The van der Waals surface area contributed by atoms with Gasteiger partial charge in [-0.15, -0.1) is 0 Å². The second-order valence-corrected chi connectivity index (χ2v) is 7.12. The number of para-hydroxylation sites is 2. The summed E-state index contributed by atoms with van der Waals surface area (Å²) < 4.78 is 25.7. The second kappa shape index (κ2) is 11.7. The zero-order valence-corrected chi connectivity index (χ0v) is 20.5. The fourth-order valence-electron chi connectivity index (χ4n) is 3.61. The van der Waals surface area contributed by atoms with Gasteiger partial charge in [-0.05, 0) is 31.2 Å². The molecule has 10 nitrogen and oxygen atoms in total. The Kier molecular flexibility index (Phi) is 8.45. The fraction of sp³-hybridized carbons (Fsp3) is 0.231. The first-order valence-corrected chi connectivity index (χ1v) is 10.8. The number of benzene rings is 2. The normalized spacial score (nSPS) is 10.2. The molecule has 1 N–H and O–H groups in total. The molecule has 4 rings (SSSR count). The maximum atomic E-state index is 12.0. The number of nitrogens with zero attached hydrogens (tertiary/aromatic N) is 2. The first-order chi connectivity index (χ1) is 17.4. The number of hydrogen-bond acceptors (Lipinski definition) is 9. The molecule has 0 atom stereocenters. The van der Waals surface area contributed by atoms with Crippen LogP contribution in [0.25, 0.3) is 21.8 Å². The average molecular weight is 495 g/mol. The standard InChI is InChI=1S/C14H15NO4.C12H11NO4/c1-4-19-14(16)11-12(17-2)9-7-5-6-8-10(9)15-13(11)18-3;1-16-10-7-5-3-4-6-8(7)13-11(17-2)9(10)12(14)15/h5-8H,4H2,1-3H3;3-6H,1-2H3,(H,14,15). The molecule has 2 aromatic heterocycles. The van der Waals surface area contributed by atoms with Crippen LogP contribution in [0.5, 0.6) is 23.3 Å². The number of carbonyl (C=O) groups is 2. The summed E-state index contributed by atoms with van der Waals surface area (Å²) in [5, 5.41) is 10.6. The predicted molar refractivity (Wildman–Crippen MR) is 133 cm³/mol. The van der Waals surface area contributed by atoms with Crippen LogP contribution < -0.4 is 18.9 Å². The lowest BCUT2D eigenvalue weighted by atomic mass is 10.1. The summed E-state index contributed by atoms with van der Waals surface area (Å²) in [5.41, 5.74) is 1.48. The Labute approximate surface area is 207 Å². The van der Waals surface area contributed by atoms with Crippen molar-refractivity contribution in [3.8, 4) is 23.3 Å². The summed E-state index contributed by atoms with van der Waals surface area (Å²) in [6.07, 6.45) is 0. The minimum atomic E-state index is -1.13. The van der Waals surface area contributed by atoms with E-state index in [0.29, 0.717) is 22.2 Å². The number of rotatable bonds is 7. The predicted octanol–water partition coefficient (Wildman–Crippen LogP) is 4.38. The zero-order valence-electron chi connectivity index (χ0n) is 20.5. The molecule has 0 aliphatic carbocycles. The molecule has 0 radical (unpaired) electrons. The summed E-state index contributed by atoms with van der Waals surface area (Å²) in [6, 6.07) is 14.5. The van der Waals surface area contributed by atoms with Gasteiger partial charge < -0.3 is 28.8 Å². The van der Waals surface area contributed by atoms with E-state index in [2.05, 4.69) is 9.97 Å². The van der Waals surface area contributed by atoms with Gasteiger partial charge in [-0.3, -0.25) is 0 Å². The average Bonchev–Trinajstić information content (AvgIpc) is 2.90. The zero-order chi connectivity index (χ0) is 26.2. The highest BCUT2D eigenvalue weighted by molar-refractivity contribution is 6.02. The van der Waals surface area contributed by atoms with E-state index in [4.69, 9.17) is 28.8 Å². The van der Waals surface area contributed by atoms with Crippen molar-refractivity contribution in [2.45, 2.75) is 6.92 Å². The highest BCUT2D eigenvalue weighted by Gasteiger charge is 2.24. The first-order valence-electron chi connectivity index (χ1n) is 10.8. The number of carboxylic acid groups (broad SMARTS) is 1. The van der Waals surface area contributed by atoms with Gasteiger partial charge in [0, 0.05) is 10.8 Å². The third-order valence-corrected chi connectivity index (χ3v) is 5.11. The van der Waals surface area contributed by atoms with Crippen molar-refractivity contribution in [2.24, 2.45) is 0 Å². The van der Waals surface area contributed by atoms with E-state index in [0.717, 1.165) is 5.39 Å². The third-order valence-electron chi connectivity index (χ3n) is 5.11. The van der Waals surface area contributed by atoms with E-state index in [1.54, 1.807) is 25.1 Å². The third kappa shape index (κ3) is 5.07. The van der Waals surface area contributed by atoms with Crippen LogP contribution in [0.2, 0.25) is 0 Å². The van der Waals surface area contributed by atoms with Crippen molar-refractivity contribution < 1.29 is 38.4 Å². The summed E-state index contributed by atoms with van der Waals surface area (Å²) in [7, 11) is 5.76. The van der Waals surface area contributed by atoms with Crippen molar-refractivity contribution in [2.75, 3.05) is 35.0 Å². The number of hydrogen-bond donors (Lipinski definition) is 1. The first kappa shape index (κ1) is 26.0. The molecule has 2 heterocycles. The summed E-state index contributed by atoms with van der Waals surface area (Å²) in [5.74, 6) is -0.700. The van der Waals surface area contributed by atoms with Gasteiger partial charge in [0.1, 0.15) is 11.5 Å². The van der Waals surface area contributed by atoms with Crippen LogP contribution in [0.3, 0.4) is 0 Å². The molecule has 4 aromatic rings. The molecule has 0 fully saturated rings. The van der Waals surface area contributed by atoms with Crippen molar-refractivity contribution in [3.05, 3.63) is 59.7 Å². The molecular formula is C26H26N2O8. The number of aromatic carboxylic acids is 1. The van der Waals surface area contributed by atoms with Crippen molar-refractivity contribution in [1.29, 1.82) is 0 Å². The second-order valence-electron chi connectivity index (χ2n) is 7.12. The molecule has 0 aliphatic rings. The number of methoxy groups -OCH3 is 4. The van der Waals surface area contributed by atoms with Crippen LogP contribution in [-0.2, 0) is 4.74 Å². The molecule has 10 heteroatoms. The number of esters is 1. The lowest BCUT2D eigenvalue weighted by Crippen LogP contribution is -2.10. The number of fused-ring (bicyclic) bond motifs is 2. The van der Waals surface area contributed by atoms with Crippen molar-refractivity contribution in [1.82, 2.24) is 9.97 Å². The largest absolute Gasteiger partial charge is 0.495 e. The van der Waals surface area contributed by atoms with Crippen molar-refractivity contribution in [3.63, 3.8) is 0 Å². The van der Waals surface area contributed by atoms with Crippen molar-refractivity contribution >= 4 is 33.7 Å². The van der Waals surface area contributed by atoms with Gasteiger partial charge in [-0.2, -0.15) is 0 Å². The van der Waals surface area contributed by atoms with Gasteiger partial charge in [0.2, 0.25) is 11.8 Å². The molecule has 188 valence electrons. The Morgan fingerprint density at radius 2 is 1.17 bits per heavy atom. The Balaban J connectivity index is 0.000000202. The van der Waals surface area contributed by atoms with Gasteiger partial charge in [-0.1, -0.05) is 24.3 Å². The molecule has 2 aromatic carbocycles. The maximum absolute atomic E-state index is 12.0. The topological polar surface area (TPSA) is 126 Å². The molecule has 0 unspecified atom stereocenters. The molecule has 0 amide bonds. The molecule has 0 saturated carbocycles. The molecule has 36 heavy (non-hydrogen) atoms. The Morgan fingerprint density at radius 3 is 1.58 bits per heavy atom. The van der Waals surface area contributed by atoms with Gasteiger partial charge >= 0.3 is 11.9 Å². The number of carboxylic acids is 1.